The lowest BCUT2D eigenvalue weighted by atomic mass is 9.93. The van der Waals surface area contributed by atoms with Gasteiger partial charge in [0.2, 0.25) is 0 Å². The van der Waals surface area contributed by atoms with Crippen LogP contribution in [-0.2, 0) is 16.0 Å². The van der Waals surface area contributed by atoms with Crippen LogP contribution in [0.1, 0.15) is 31.2 Å². The van der Waals surface area contributed by atoms with Crippen LogP contribution in [0.3, 0.4) is 0 Å². The minimum atomic E-state index is -0.714. The summed E-state index contributed by atoms with van der Waals surface area (Å²) in [6.45, 7) is 0.826. The Morgan fingerprint density at radius 3 is 2.89 bits per heavy atom. The van der Waals surface area contributed by atoms with Crippen LogP contribution >= 0.6 is 15.9 Å². The molecule has 1 N–H and O–H groups in total. The molecule has 0 aliphatic carbocycles. The molecule has 0 aromatic heterocycles. The van der Waals surface area contributed by atoms with E-state index in [1.807, 2.05) is 24.3 Å². The third kappa shape index (κ3) is 4.32. The first kappa shape index (κ1) is 14.5. The third-order valence-corrected chi connectivity index (χ3v) is 4.41. The fourth-order valence-electron chi connectivity index (χ4n) is 2.50. The fraction of sp³-hybridized carbons (Fsp3) is 0.533. The highest BCUT2D eigenvalue weighted by atomic mass is 79.9. The van der Waals surface area contributed by atoms with Crippen molar-refractivity contribution in [1.29, 1.82) is 0 Å². The first-order chi connectivity index (χ1) is 9.16. The summed E-state index contributed by atoms with van der Waals surface area (Å²) in [5, 5.41) is 9.34. The average molecular weight is 327 g/mol. The van der Waals surface area contributed by atoms with Crippen molar-refractivity contribution in [3.05, 3.63) is 34.3 Å². The maximum absolute atomic E-state index is 11.4. The summed E-state index contributed by atoms with van der Waals surface area (Å²) in [6, 6.07) is 7.81. The van der Waals surface area contributed by atoms with Crippen molar-refractivity contribution in [3.63, 3.8) is 0 Å². The summed E-state index contributed by atoms with van der Waals surface area (Å²) < 4.78 is 6.54. The van der Waals surface area contributed by atoms with Crippen LogP contribution in [-0.4, -0.2) is 23.8 Å². The van der Waals surface area contributed by atoms with E-state index in [0.717, 1.165) is 35.9 Å². The zero-order valence-corrected chi connectivity index (χ0v) is 12.4. The maximum atomic E-state index is 11.4. The number of ether oxygens (including phenoxy) is 1. The Labute approximate surface area is 122 Å². The van der Waals surface area contributed by atoms with Crippen molar-refractivity contribution < 1.29 is 14.6 Å². The number of carbonyl (C=O) groups is 1. The van der Waals surface area contributed by atoms with Crippen molar-refractivity contribution in [2.24, 2.45) is 5.92 Å². The third-order valence-electron chi connectivity index (χ3n) is 3.63. The molecule has 3 nitrogen and oxygen atoms in total. The molecule has 1 aliphatic rings. The van der Waals surface area contributed by atoms with Gasteiger partial charge >= 0.3 is 5.97 Å². The second kappa shape index (κ2) is 7.06. The number of aliphatic carboxylic acids is 1. The molecule has 0 bridgehead atoms. The van der Waals surface area contributed by atoms with Crippen LogP contribution in [0, 0.1) is 5.92 Å². The van der Waals surface area contributed by atoms with E-state index < -0.39 is 5.97 Å². The molecular formula is C15H19BrO3. The molecule has 1 aromatic rings. The summed E-state index contributed by atoms with van der Waals surface area (Å²) in [4.78, 5) is 11.4. The predicted octanol–water partition coefficient (Wildman–Crippen LogP) is 3.65. The Morgan fingerprint density at radius 1 is 1.47 bits per heavy atom. The summed E-state index contributed by atoms with van der Waals surface area (Å²) in [5.41, 5.74) is 1.06. The molecule has 2 rings (SSSR count). The largest absolute Gasteiger partial charge is 0.481 e. The van der Waals surface area contributed by atoms with Crippen LogP contribution in [0.15, 0.2) is 28.7 Å². The standard InChI is InChI=1S/C15H19BrO3/c16-14-6-2-1-4-11(14)10-12(15(17)18)7-8-13-5-3-9-19-13/h1-2,4,6,12-13H,3,5,7-10H2,(H,17,18). The normalized spacial score (nSPS) is 20.4. The average Bonchev–Trinajstić information content (AvgIpc) is 2.89. The smallest absolute Gasteiger partial charge is 0.306 e. The number of benzene rings is 1. The highest BCUT2D eigenvalue weighted by Crippen LogP contribution is 2.25. The quantitative estimate of drug-likeness (QED) is 0.867. The molecule has 0 saturated carbocycles. The molecule has 1 saturated heterocycles. The zero-order chi connectivity index (χ0) is 13.7. The second-order valence-corrected chi connectivity index (χ2v) is 5.90. The minimum Gasteiger partial charge on any atom is -0.481 e. The highest BCUT2D eigenvalue weighted by Gasteiger charge is 2.22. The van der Waals surface area contributed by atoms with E-state index in [1.54, 1.807) is 0 Å². The molecule has 2 atom stereocenters. The number of rotatable bonds is 6. The lowest BCUT2D eigenvalue weighted by Crippen LogP contribution is -2.19. The molecule has 0 spiro atoms. The van der Waals surface area contributed by atoms with E-state index >= 15 is 0 Å². The van der Waals surface area contributed by atoms with Gasteiger partial charge in [-0.3, -0.25) is 4.79 Å². The van der Waals surface area contributed by atoms with Crippen molar-refractivity contribution in [2.45, 2.75) is 38.2 Å². The van der Waals surface area contributed by atoms with Gasteiger partial charge in [0.05, 0.1) is 12.0 Å². The Hall–Kier alpha value is -0.870. The number of carboxylic acids is 1. The van der Waals surface area contributed by atoms with Crippen molar-refractivity contribution in [1.82, 2.24) is 0 Å². The van der Waals surface area contributed by atoms with E-state index in [0.29, 0.717) is 12.8 Å². The van der Waals surface area contributed by atoms with Gasteiger partial charge in [0.25, 0.3) is 0 Å². The van der Waals surface area contributed by atoms with E-state index in [9.17, 15) is 9.90 Å². The SMILES string of the molecule is O=C(O)C(CCC1CCCO1)Cc1ccccc1Br. The molecule has 104 valence electrons. The van der Waals surface area contributed by atoms with Gasteiger partial charge in [-0.2, -0.15) is 0 Å². The Bertz CT molecular complexity index is 427. The van der Waals surface area contributed by atoms with E-state index in [2.05, 4.69) is 15.9 Å². The number of hydrogen-bond donors (Lipinski definition) is 1. The van der Waals surface area contributed by atoms with Gasteiger partial charge in [-0.05, 0) is 43.7 Å². The van der Waals surface area contributed by atoms with Crippen LogP contribution in [0.5, 0.6) is 0 Å². The van der Waals surface area contributed by atoms with Crippen molar-refractivity contribution >= 4 is 21.9 Å². The zero-order valence-electron chi connectivity index (χ0n) is 10.8. The van der Waals surface area contributed by atoms with Crippen molar-refractivity contribution in [3.8, 4) is 0 Å². The molecule has 1 aliphatic heterocycles. The van der Waals surface area contributed by atoms with Crippen LogP contribution in [0.25, 0.3) is 0 Å². The van der Waals surface area contributed by atoms with Crippen LogP contribution < -0.4 is 0 Å². The van der Waals surface area contributed by atoms with E-state index in [4.69, 9.17) is 4.74 Å². The lowest BCUT2D eigenvalue weighted by Gasteiger charge is -2.16. The Balaban J connectivity index is 1.92. The Kier molecular flexibility index (Phi) is 5.40. The minimum absolute atomic E-state index is 0.265. The van der Waals surface area contributed by atoms with Gasteiger partial charge in [0, 0.05) is 11.1 Å². The maximum Gasteiger partial charge on any atom is 0.306 e. The van der Waals surface area contributed by atoms with Gasteiger partial charge in [0.1, 0.15) is 0 Å². The fourth-order valence-corrected chi connectivity index (χ4v) is 2.95. The van der Waals surface area contributed by atoms with Gasteiger partial charge in [0.15, 0.2) is 0 Å². The van der Waals surface area contributed by atoms with E-state index in [1.165, 1.54) is 0 Å². The Morgan fingerprint density at radius 2 is 2.26 bits per heavy atom. The highest BCUT2D eigenvalue weighted by molar-refractivity contribution is 9.10. The van der Waals surface area contributed by atoms with Gasteiger partial charge < -0.3 is 9.84 Å². The number of hydrogen-bond acceptors (Lipinski definition) is 2. The summed E-state index contributed by atoms with van der Waals surface area (Å²) in [5.74, 6) is -1.04. The van der Waals surface area contributed by atoms with Gasteiger partial charge in [-0.1, -0.05) is 34.1 Å². The van der Waals surface area contributed by atoms with Crippen LogP contribution in [0.4, 0.5) is 0 Å². The summed E-state index contributed by atoms with van der Waals surface area (Å²) >= 11 is 3.47. The molecule has 4 heteroatoms. The number of carboxylic acid groups (broad SMARTS) is 1. The summed E-state index contributed by atoms with van der Waals surface area (Å²) in [6.07, 6.45) is 4.54. The lowest BCUT2D eigenvalue weighted by molar-refractivity contribution is -0.142. The van der Waals surface area contributed by atoms with Crippen molar-refractivity contribution in [2.75, 3.05) is 6.61 Å². The monoisotopic (exact) mass is 326 g/mol. The first-order valence-corrected chi connectivity index (χ1v) is 7.54. The predicted molar refractivity (Wildman–Crippen MR) is 77.2 cm³/mol. The molecular weight excluding hydrogens is 308 g/mol. The first-order valence-electron chi connectivity index (χ1n) is 6.74. The van der Waals surface area contributed by atoms with Gasteiger partial charge in [-0.25, -0.2) is 0 Å². The number of halogens is 1. The van der Waals surface area contributed by atoms with E-state index in [-0.39, 0.29) is 12.0 Å². The molecule has 1 aromatic carbocycles. The van der Waals surface area contributed by atoms with Gasteiger partial charge in [-0.15, -0.1) is 0 Å². The summed E-state index contributed by atoms with van der Waals surface area (Å²) in [7, 11) is 0. The molecule has 1 fully saturated rings. The molecule has 0 amide bonds. The second-order valence-electron chi connectivity index (χ2n) is 5.04. The molecule has 2 unspecified atom stereocenters. The molecule has 19 heavy (non-hydrogen) atoms. The molecule has 1 heterocycles. The van der Waals surface area contributed by atoms with Crippen LogP contribution in [0.2, 0.25) is 0 Å². The topological polar surface area (TPSA) is 46.5 Å². The molecule has 0 radical (unpaired) electrons.